The largest absolute Gasteiger partial charge is 0.467 e. The summed E-state index contributed by atoms with van der Waals surface area (Å²) in [6.07, 6.45) is 2.18. The molecule has 0 unspecified atom stereocenters. The van der Waals surface area contributed by atoms with Crippen LogP contribution in [0, 0.1) is 0 Å². The maximum atomic E-state index is 12.9. The molecule has 0 spiro atoms. The van der Waals surface area contributed by atoms with Crippen LogP contribution in [-0.2, 0) is 16.1 Å². The van der Waals surface area contributed by atoms with E-state index in [1.165, 1.54) is 11.8 Å². The number of aromatic nitrogens is 2. The van der Waals surface area contributed by atoms with Crippen molar-refractivity contribution in [3.8, 4) is 0 Å². The standard InChI is InChI=1S/C17H14N2O4S/c20-15-12-5-1-2-6-13(12)18-17(24-14-7-9-23-16(14)21)19(15)10-11-4-3-8-22-11/h1-6,8,14H,7,9-10H2/t14-/m0/s1. The van der Waals surface area contributed by atoms with Gasteiger partial charge in [-0.3, -0.25) is 14.2 Å². The van der Waals surface area contributed by atoms with Crippen LogP contribution >= 0.6 is 11.8 Å². The van der Waals surface area contributed by atoms with E-state index in [2.05, 4.69) is 4.98 Å². The molecule has 0 bridgehead atoms. The van der Waals surface area contributed by atoms with Crippen molar-refractivity contribution in [3.05, 3.63) is 58.8 Å². The van der Waals surface area contributed by atoms with Crippen LogP contribution in [0.2, 0.25) is 0 Å². The summed E-state index contributed by atoms with van der Waals surface area (Å²) in [5, 5.41) is 0.710. The normalized spacial score (nSPS) is 17.3. The van der Waals surface area contributed by atoms with E-state index < -0.39 is 0 Å². The molecule has 1 fully saturated rings. The Labute approximate surface area is 141 Å². The topological polar surface area (TPSA) is 74.3 Å². The molecular formula is C17H14N2O4S. The van der Waals surface area contributed by atoms with Gasteiger partial charge < -0.3 is 9.15 Å². The van der Waals surface area contributed by atoms with E-state index in [0.29, 0.717) is 34.8 Å². The number of carbonyl (C=O) groups is 1. The zero-order valence-corrected chi connectivity index (χ0v) is 13.5. The average molecular weight is 342 g/mol. The van der Waals surface area contributed by atoms with Crippen LogP contribution in [0.4, 0.5) is 0 Å². The van der Waals surface area contributed by atoms with E-state index in [9.17, 15) is 9.59 Å². The number of benzene rings is 1. The molecule has 7 heteroatoms. The number of ether oxygens (including phenoxy) is 1. The molecule has 0 saturated carbocycles. The summed E-state index contributed by atoms with van der Waals surface area (Å²) in [5.41, 5.74) is 0.470. The zero-order chi connectivity index (χ0) is 16.5. The van der Waals surface area contributed by atoms with Gasteiger partial charge in [0.1, 0.15) is 11.0 Å². The number of esters is 1. The molecule has 1 saturated heterocycles. The number of carbonyl (C=O) groups excluding carboxylic acids is 1. The molecule has 3 aromatic rings. The van der Waals surface area contributed by atoms with E-state index in [0.717, 1.165) is 0 Å². The van der Waals surface area contributed by atoms with Gasteiger partial charge in [-0.1, -0.05) is 23.9 Å². The number of cyclic esters (lactones) is 1. The fraction of sp³-hybridized carbons (Fsp3) is 0.235. The Bertz CT molecular complexity index is 949. The third-order valence-corrected chi connectivity index (χ3v) is 5.09. The van der Waals surface area contributed by atoms with E-state index in [-0.39, 0.29) is 23.3 Å². The Kier molecular flexibility index (Phi) is 3.86. The molecule has 1 aliphatic heterocycles. The van der Waals surface area contributed by atoms with E-state index in [1.807, 2.05) is 12.1 Å². The number of hydrogen-bond donors (Lipinski definition) is 0. The molecule has 0 amide bonds. The monoisotopic (exact) mass is 342 g/mol. The summed E-state index contributed by atoms with van der Waals surface area (Å²) in [6, 6.07) is 10.8. The molecule has 1 atom stereocenters. The molecule has 0 N–H and O–H groups in total. The van der Waals surface area contributed by atoms with Crippen molar-refractivity contribution in [1.29, 1.82) is 0 Å². The van der Waals surface area contributed by atoms with Crippen molar-refractivity contribution >= 4 is 28.6 Å². The van der Waals surface area contributed by atoms with Gasteiger partial charge in [-0.25, -0.2) is 4.98 Å². The lowest BCUT2D eigenvalue weighted by Crippen LogP contribution is -2.25. The second kappa shape index (κ2) is 6.16. The predicted molar refractivity (Wildman–Crippen MR) is 89.0 cm³/mol. The first-order valence-corrected chi connectivity index (χ1v) is 8.45. The minimum absolute atomic E-state index is 0.147. The van der Waals surface area contributed by atoms with Crippen molar-refractivity contribution in [3.63, 3.8) is 0 Å². The van der Waals surface area contributed by atoms with Gasteiger partial charge in [0.15, 0.2) is 5.16 Å². The van der Waals surface area contributed by atoms with Crippen LogP contribution < -0.4 is 5.56 Å². The number of rotatable bonds is 4. The molecule has 0 aliphatic carbocycles. The lowest BCUT2D eigenvalue weighted by atomic mass is 10.2. The van der Waals surface area contributed by atoms with E-state index in [1.54, 1.807) is 35.1 Å². The Hall–Kier alpha value is -2.54. The van der Waals surface area contributed by atoms with Crippen molar-refractivity contribution < 1.29 is 13.9 Å². The highest BCUT2D eigenvalue weighted by molar-refractivity contribution is 8.00. The summed E-state index contributed by atoms with van der Waals surface area (Å²) in [7, 11) is 0. The molecule has 122 valence electrons. The van der Waals surface area contributed by atoms with Gasteiger partial charge in [-0.2, -0.15) is 0 Å². The number of para-hydroxylation sites is 1. The van der Waals surface area contributed by atoms with Crippen molar-refractivity contribution in [2.24, 2.45) is 0 Å². The van der Waals surface area contributed by atoms with E-state index >= 15 is 0 Å². The van der Waals surface area contributed by atoms with Gasteiger partial charge in [0, 0.05) is 6.42 Å². The summed E-state index contributed by atoms with van der Waals surface area (Å²) >= 11 is 1.27. The maximum Gasteiger partial charge on any atom is 0.319 e. The van der Waals surface area contributed by atoms with Gasteiger partial charge in [0.25, 0.3) is 5.56 Å². The number of hydrogen-bond acceptors (Lipinski definition) is 6. The molecule has 1 aromatic carbocycles. The lowest BCUT2D eigenvalue weighted by molar-refractivity contribution is -0.137. The first kappa shape index (κ1) is 15.0. The third kappa shape index (κ3) is 2.71. The van der Waals surface area contributed by atoms with Gasteiger partial charge in [0.2, 0.25) is 0 Å². The Morgan fingerprint density at radius 1 is 1.21 bits per heavy atom. The van der Waals surface area contributed by atoms with Crippen molar-refractivity contribution in [1.82, 2.24) is 9.55 Å². The van der Waals surface area contributed by atoms with Crippen molar-refractivity contribution in [2.75, 3.05) is 6.61 Å². The van der Waals surface area contributed by atoms with Gasteiger partial charge >= 0.3 is 5.97 Å². The van der Waals surface area contributed by atoms with Gasteiger partial charge in [-0.05, 0) is 24.3 Å². The number of fused-ring (bicyclic) bond motifs is 1. The fourth-order valence-electron chi connectivity index (χ4n) is 2.65. The van der Waals surface area contributed by atoms with Crippen LogP contribution in [0.5, 0.6) is 0 Å². The molecule has 4 rings (SSSR count). The minimum atomic E-state index is -0.332. The molecular weight excluding hydrogens is 328 g/mol. The van der Waals surface area contributed by atoms with Crippen LogP contribution in [0.1, 0.15) is 12.2 Å². The average Bonchev–Trinajstić information content (AvgIpc) is 3.23. The smallest absolute Gasteiger partial charge is 0.319 e. The molecule has 2 aromatic heterocycles. The highest BCUT2D eigenvalue weighted by Crippen LogP contribution is 2.29. The molecule has 3 heterocycles. The highest BCUT2D eigenvalue weighted by Gasteiger charge is 2.29. The molecule has 0 radical (unpaired) electrons. The van der Waals surface area contributed by atoms with Crippen molar-refractivity contribution in [2.45, 2.75) is 23.4 Å². The summed E-state index contributed by atoms with van der Waals surface area (Å²) in [4.78, 5) is 29.3. The maximum absolute atomic E-state index is 12.9. The summed E-state index contributed by atoms with van der Waals surface area (Å²) in [6.45, 7) is 0.681. The Morgan fingerprint density at radius 2 is 2.08 bits per heavy atom. The minimum Gasteiger partial charge on any atom is -0.467 e. The quantitative estimate of drug-likeness (QED) is 0.535. The Morgan fingerprint density at radius 3 is 2.83 bits per heavy atom. The zero-order valence-electron chi connectivity index (χ0n) is 12.7. The fourth-order valence-corrected chi connectivity index (χ4v) is 3.71. The predicted octanol–water partition coefficient (Wildman–Crippen LogP) is 2.45. The number of furan rings is 1. The van der Waals surface area contributed by atoms with Gasteiger partial charge in [-0.15, -0.1) is 0 Å². The van der Waals surface area contributed by atoms with Crippen LogP contribution in [0.25, 0.3) is 10.9 Å². The summed E-state index contributed by atoms with van der Waals surface area (Å²) < 4.78 is 11.9. The molecule has 1 aliphatic rings. The number of nitrogens with zero attached hydrogens (tertiary/aromatic N) is 2. The number of thioether (sulfide) groups is 1. The molecule has 24 heavy (non-hydrogen) atoms. The van der Waals surface area contributed by atoms with Crippen LogP contribution in [0.3, 0.4) is 0 Å². The summed E-state index contributed by atoms with van der Waals surface area (Å²) in [5.74, 6) is 0.400. The SMILES string of the molecule is O=C1OCC[C@@H]1Sc1nc2ccccc2c(=O)n1Cc1ccco1. The highest BCUT2D eigenvalue weighted by atomic mass is 32.2. The first-order chi connectivity index (χ1) is 11.7. The Balaban J connectivity index is 1.82. The van der Waals surface area contributed by atoms with Crippen LogP contribution in [0.15, 0.2) is 57.0 Å². The second-order valence-electron chi connectivity index (χ2n) is 5.44. The van der Waals surface area contributed by atoms with Crippen LogP contribution in [-0.4, -0.2) is 27.4 Å². The molecule has 6 nitrogen and oxygen atoms in total. The lowest BCUT2D eigenvalue weighted by Gasteiger charge is -2.13. The first-order valence-electron chi connectivity index (χ1n) is 7.57. The van der Waals surface area contributed by atoms with E-state index in [4.69, 9.17) is 9.15 Å². The second-order valence-corrected chi connectivity index (χ2v) is 6.61. The van der Waals surface area contributed by atoms with Gasteiger partial charge in [0.05, 0.1) is 30.3 Å². The third-order valence-electron chi connectivity index (χ3n) is 3.86.